The number of aliphatic hydroxyl groups excluding tert-OH is 1. The molecule has 0 radical (unpaired) electrons. The molecule has 1 fully saturated rings. The number of hydrogen-bond acceptors (Lipinski definition) is 4. The largest absolute Gasteiger partial charge is 0.395 e. The van der Waals surface area contributed by atoms with E-state index in [1.807, 2.05) is 13.0 Å². The highest BCUT2D eigenvalue weighted by atomic mass is 32.2. The predicted molar refractivity (Wildman–Crippen MR) is 82.3 cm³/mol. The van der Waals surface area contributed by atoms with Gasteiger partial charge in [-0.2, -0.15) is 4.31 Å². The summed E-state index contributed by atoms with van der Waals surface area (Å²) in [5.74, 6) is 0. The zero-order valence-electron chi connectivity index (χ0n) is 12.4. The van der Waals surface area contributed by atoms with Gasteiger partial charge in [0.05, 0.1) is 11.5 Å². The van der Waals surface area contributed by atoms with E-state index in [1.165, 1.54) is 4.31 Å². The summed E-state index contributed by atoms with van der Waals surface area (Å²) < 4.78 is 27.2. The first-order valence-corrected chi connectivity index (χ1v) is 8.89. The molecule has 5 nitrogen and oxygen atoms in total. The molecule has 1 unspecified atom stereocenters. The molecule has 0 aromatic heterocycles. The average molecular weight is 312 g/mol. The van der Waals surface area contributed by atoms with E-state index < -0.39 is 10.0 Å². The van der Waals surface area contributed by atoms with Crippen LogP contribution >= 0.6 is 0 Å². The SMILES string of the molecule is CC(N)c1cccc(S(=O)(=O)N(CCO)C2CCCC2)c1. The molecule has 3 N–H and O–H groups in total. The van der Waals surface area contributed by atoms with Gasteiger partial charge in [0.25, 0.3) is 0 Å². The van der Waals surface area contributed by atoms with Crippen LogP contribution in [0.4, 0.5) is 0 Å². The Morgan fingerprint density at radius 2 is 2.05 bits per heavy atom. The van der Waals surface area contributed by atoms with Crippen LogP contribution in [0, 0.1) is 0 Å². The van der Waals surface area contributed by atoms with Crippen molar-refractivity contribution in [1.29, 1.82) is 0 Å². The van der Waals surface area contributed by atoms with Gasteiger partial charge in [-0.05, 0) is 37.5 Å². The zero-order chi connectivity index (χ0) is 15.5. The lowest BCUT2D eigenvalue weighted by atomic mass is 10.1. The van der Waals surface area contributed by atoms with Crippen molar-refractivity contribution >= 4 is 10.0 Å². The maximum Gasteiger partial charge on any atom is 0.243 e. The molecular weight excluding hydrogens is 288 g/mol. The molecule has 6 heteroatoms. The van der Waals surface area contributed by atoms with Gasteiger partial charge in [0.15, 0.2) is 0 Å². The summed E-state index contributed by atoms with van der Waals surface area (Å²) in [6, 6.07) is 6.58. The standard InChI is InChI=1S/C15H24N2O3S/c1-12(16)13-5-4-8-15(11-13)21(19,20)17(9-10-18)14-6-2-3-7-14/h4-5,8,11-12,14,18H,2-3,6-7,9-10,16H2,1H3. The molecule has 1 atom stereocenters. The fourth-order valence-electron chi connectivity index (χ4n) is 2.88. The van der Waals surface area contributed by atoms with Crippen molar-refractivity contribution < 1.29 is 13.5 Å². The van der Waals surface area contributed by atoms with Crippen LogP contribution < -0.4 is 5.73 Å². The van der Waals surface area contributed by atoms with Gasteiger partial charge in [-0.25, -0.2) is 8.42 Å². The second-order valence-electron chi connectivity index (χ2n) is 5.64. The molecule has 0 saturated heterocycles. The van der Waals surface area contributed by atoms with Gasteiger partial charge < -0.3 is 10.8 Å². The Morgan fingerprint density at radius 3 is 2.62 bits per heavy atom. The topological polar surface area (TPSA) is 83.6 Å². The predicted octanol–water partition coefficient (Wildman–Crippen LogP) is 1.63. The zero-order valence-corrected chi connectivity index (χ0v) is 13.2. The molecule has 0 bridgehead atoms. The van der Waals surface area contributed by atoms with Gasteiger partial charge in [0.1, 0.15) is 0 Å². The maximum absolute atomic E-state index is 12.9. The lowest BCUT2D eigenvalue weighted by molar-refractivity contribution is 0.226. The van der Waals surface area contributed by atoms with Crippen LogP contribution in [-0.4, -0.2) is 37.0 Å². The average Bonchev–Trinajstić information content (AvgIpc) is 2.98. The highest BCUT2D eigenvalue weighted by Crippen LogP contribution is 2.29. The van der Waals surface area contributed by atoms with Crippen molar-refractivity contribution in [2.45, 2.75) is 49.6 Å². The number of nitrogens with zero attached hydrogens (tertiary/aromatic N) is 1. The van der Waals surface area contributed by atoms with Crippen molar-refractivity contribution in [2.75, 3.05) is 13.2 Å². The number of nitrogens with two attached hydrogens (primary N) is 1. The van der Waals surface area contributed by atoms with Crippen LogP contribution in [0.25, 0.3) is 0 Å². The monoisotopic (exact) mass is 312 g/mol. The Hall–Kier alpha value is -0.950. The molecular formula is C15H24N2O3S. The third kappa shape index (κ3) is 3.63. The fourth-order valence-corrected chi connectivity index (χ4v) is 4.62. The van der Waals surface area contributed by atoms with Crippen molar-refractivity contribution in [1.82, 2.24) is 4.31 Å². The maximum atomic E-state index is 12.9. The molecule has 118 valence electrons. The van der Waals surface area contributed by atoms with E-state index >= 15 is 0 Å². The number of sulfonamides is 1. The van der Waals surface area contributed by atoms with Crippen molar-refractivity contribution in [3.05, 3.63) is 29.8 Å². The summed E-state index contributed by atoms with van der Waals surface area (Å²) in [4.78, 5) is 0.262. The van der Waals surface area contributed by atoms with Crippen LogP contribution in [0.3, 0.4) is 0 Å². The second-order valence-corrected chi connectivity index (χ2v) is 7.53. The normalized spacial score (nSPS) is 18.3. The minimum absolute atomic E-state index is 0.00102. The molecule has 21 heavy (non-hydrogen) atoms. The Labute approximate surface area is 126 Å². The molecule has 1 saturated carbocycles. The molecule has 0 amide bonds. The molecule has 1 aliphatic carbocycles. The van der Waals surface area contributed by atoms with E-state index in [0.29, 0.717) is 0 Å². The molecule has 0 aliphatic heterocycles. The molecule has 0 heterocycles. The minimum Gasteiger partial charge on any atom is -0.395 e. The van der Waals surface area contributed by atoms with Crippen LogP contribution in [-0.2, 0) is 10.0 Å². The summed E-state index contributed by atoms with van der Waals surface area (Å²) in [5, 5.41) is 9.22. The van der Waals surface area contributed by atoms with E-state index in [2.05, 4.69) is 0 Å². The Bertz CT molecular complexity index is 566. The van der Waals surface area contributed by atoms with Gasteiger partial charge in [0.2, 0.25) is 10.0 Å². The summed E-state index contributed by atoms with van der Waals surface area (Å²) in [6.45, 7) is 1.81. The number of rotatable bonds is 6. The van der Waals surface area contributed by atoms with Crippen molar-refractivity contribution in [3.8, 4) is 0 Å². The number of aliphatic hydroxyl groups is 1. The second kappa shape index (κ2) is 6.87. The highest BCUT2D eigenvalue weighted by Gasteiger charge is 2.32. The van der Waals surface area contributed by atoms with Crippen LogP contribution in [0.5, 0.6) is 0 Å². The van der Waals surface area contributed by atoms with Gasteiger partial charge in [-0.15, -0.1) is 0 Å². The quantitative estimate of drug-likeness (QED) is 0.836. The lowest BCUT2D eigenvalue weighted by Crippen LogP contribution is -2.40. The third-order valence-corrected chi connectivity index (χ3v) is 5.99. The number of hydrogen-bond donors (Lipinski definition) is 2. The summed E-state index contributed by atoms with van der Waals surface area (Å²) in [5.41, 5.74) is 6.63. The van der Waals surface area contributed by atoms with E-state index in [1.54, 1.807) is 18.2 Å². The Kier molecular flexibility index (Phi) is 5.37. The van der Waals surface area contributed by atoms with Gasteiger partial charge in [-0.3, -0.25) is 0 Å². The van der Waals surface area contributed by atoms with E-state index in [9.17, 15) is 13.5 Å². The molecule has 1 aliphatic rings. The molecule has 1 aromatic rings. The molecule has 0 spiro atoms. The number of benzene rings is 1. The first kappa shape index (κ1) is 16.4. The molecule has 1 aromatic carbocycles. The minimum atomic E-state index is -3.58. The first-order valence-electron chi connectivity index (χ1n) is 7.45. The van der Waals surface area contributed by atoms with Crippen LogP contribution in [0.2, 0.25) is 0 Å². The first-order chi connectivity index (χ1) is 9.96. The van der Waals surface area contributed by atoms with Crippen molar-refractivity contribution in [2.24, 2.45) is 5.73 Å². The summed E-state index contributed by atoms with van der Waals surface area (Å²) in [6.07, 6.45) is 3.82. The van der Waals surface area contributed by atoms with Crippen LogP contribution in [0.1, 0.15) is 44.2 Å². The summed E-state index contributed by atoms with van der Waals surface area (Å²) in [7, 11) is -3.58. The third-order valence-electron chi connectivity index (χ3n) is 4.04. The summed E-state index contributed by atoms with van der Waals surface area (Å²) >= 11 is 0. The smallest absolute Gasteiger partial charge is 0.243 e. The van der Waals surface area contributed by atoms with Crippen LogP contribution in [0.15, 0.2) is 29.2 Å². The van der Waals surface area contributed by atoms with Gasteiger partial charge in [-0.1, -0.05) is 25.0 Å². The lowest BCUT2D eigenvalue weighted by Gasteiger charge is -2.27. The molecule has 2 rings (SSSR count). The highest BCUT2D eigenvalue weighted by molar-refractivity contribution is 7.89. The van der Waals surface area contributed by atoms with Gasteiger partial charge >= 0.3 is 0 Å². The fraction of sp³-hybridized carbons (Fsp3) is 0.600. The van der Waals surface area contributed by atoms with E-state index in [4.69, 9.17) is 5.73 Å². The van der Waals surface area contributed by atoms with Gasteiger partial charge in [0, 0.05) is 18.6 Å². The Balaban J connectivity index is 2.35. The Morgan fingerprint density at radius 1 is 1.38 bits per heavy atom. The van der Waals surface area contributed by atoms with E-state index in [-0.39, 0.29) is 30.1 Å². The van der Waals surface area contributed by atoms with Crippen molar-refractivity contribution in [3.63, 3.8) is 0 Å². The van der Waals surface area contributed by atoms with E-state index in [0.717, 1.165) is 31.2 Å².